The summed E-state index contributed by atoms with van der Waals surface area (Å²) >= 11 is 0. The van der Waals surface area contributed by atoms with E-state index in [0.29, 0.717) is 45.1 Å². The zero-order chi connectivity index (χ0) is 45.1. The highest BCUT2D eigenvalue weighted by atomic mass is 33.1. The highest BCUT2D eigenvalue weighted by molar-refractivity contribution is 8.77. The second kappa shape index (κ2) is 24.1. The molecule has 0 bridgehead atoms. The van der Waals surface area contributed by atoms with Crippen molar-refractivity contribution in [2.75, 3.05) is 35.4 Å². The van der Waals surface area contributed by atoms with Gasteiger partial charge in [-0.3, -0.25) is 30.9 Å². The molecule has 64 heavy (non-hydrogen) atoms. The molecule has 2 unspecified atom stereocenters. The van der Waals surface area contributed by atoms with Gasteiger partial charge in [0.25, 0.3) is 11.4 Å². The first-order valence-electron chi connectivity index (χ1n) is 19.0. The molecule has 2 N–H and O–H groups in total. The molecule has 0 radical (unpaired) electrons. The number of nitrogens with zero attached hydrogens (tertiary/aromatic N) is 4. The lowest BCUT2D eigenvalue weighted by atomic mass is 10.0. The van der Waals surface area contributed by atoms with Crippen molar-refractivity contribution in [1.29, 1.82) is 0 Å². The number of benzene rings is 4. The van der Waals surface area contributed by atoms with E-state index in [0.717, 1.165) is 10.1 Å². The summed E-state index contributed by atoms with van der Waals surface area (Å²) in [6, 6.07) is 34.7. The molecule has 0 aliphatic rings. The van der Waals surface area contributed by atoms with E-state index < -0.39 is 40.4 Å². The minimum Gasteiger partial charge on any atom is -0.448 e. The molecule has 0 aliphatic heterocycles. The van der Waals surface area contributed by atoms with Gasteiger partial charge in [0.05, 0.1) is 9.85 Å². The molecule has 2 heterocycles. The Balaban J connectivity index is 1.11. The lowest BCUT2D eigenvalue weighted by molar-refractivity contribution is -0.385. The van der Waals surface area contributed by atoms with Crippen molar-refractivity contribution in [3.8, 4) is 0 Å². The minimum atomic E-state index is -1.15. The molecular weight excluding hydrogens is 905 g/mol. The molecule has 0 aliphatic carbocycles. The Kier molecular flexibility index (Phi) is 17.6. The maximum absolute atomic E-state index is 13.8. The number of aromatic nitrogens is 2. The van der Waals surface area contributed by atoms with Gasteiger partial charge in [0.15, 0.2) is 12.2 Å². The number of hydrogen-bond acceptors (Lipinski definition) is 17. The first-order valence-corrected chi connectivity index (χ1v) is 23.6. The highest BCUT2D eigenvalue weighted by Crippen LogP contribution is 2.34. The Morgan fingerprint density at radius 1 is 0.531 bits per heavy atom. The Bertz CT molecular complexity index is 2300. The summed E-state index contributed by atoms with van der Waals surface area (Å²) in [5.74, 6) is 1.05. The molecule has 0 spiro atoms. The van der Waals surface area contributed by atoms with Crippen molar-refractivity contribution in [3.05, 3.63) is 188 Å². The van der Waals surface area contributed by atoms with Gasteiger partial charge in [-0.1, -0.05) is 58.0 Å². The summed E-state index contributed by atoms with van der Waals surface area (Å²) in [7, 11) is 5.91. The topological polar surface area (TPSA) is 224 Å². The van der Waals surface area contributed by atoms with Crippen molar-refractivity contribution >= 4 is 84.3 Å². The number of non-ortho nitro benzene ring substituents is 2. The lowest BCUT2D eigenvalue weighted by Gasteiger charge is -2.23. The number of ether oxygens (including phenoxy) is 4. The molecule has 6 aromatic rings. The van der Waals surface area contributed by atoms with Crippen LogP contribution in [0.5, 0.6) is 0 Å². The van der Waals surface area contributed by atoms with Gasteiger partial charge in [-0.25, -0.2) is 24.4 Å². The quantitative estimate of drug-likeness (QED) is 0.0181. The number of nitro benzene ring substituents is 2. The summed E-state index contributed by atoms with van der Waals surface area (Å²) in [6.45, 7) is 0.299. The van der Waals surface area contributed by atoms with Crippen molar-refractivity contribution in [2.24, 2.45) is 0 Å². The predicted octanol–water partition coefficient (Wildman–Crippen LogP) is 11.3. The molecule has 0 saturated heterocycles. The van der Waals surface area contributed by atoms with Gasteiger partial charge >= 0.3 is 18.3 Å². The molecule has 2 amide bonds. The summed E-state index contributed by atoms with van der Waals surface area (Å²) < 4.78 is 22.4. The van der Waals surface area contributed by atoms with Gasteiger partial charge in [-0.05, 0) is 117 Å². The van der Waals surface area contributed by atoms with E-state index in [1.165, 1.54) is 91.7 Å². The van der Waals surface area contributed by atoms with Crippen LogP contribution in [-0.2, 0) is 18.9 Å². The first-order chi connectivity index (χ1) is 31.1. The Labute approximate surface area is 381 Å². The zero-order valence-electron chi connectivity index (χ0n) is 33.3. The fraction of sp³-hybridized carbons (Fsp3) is 0.140. The van der Waals surface area contributed by atoms with Crippen molar-refractivity contribution in [1.82, 2.24) is 9.97 Å². The van der Waals surface area contributed by atoms with Gasteiger partial charge in [0.2, 0.25) is 0 Å². The van der Waals surface area contributed by atoms with E-state index in [1.54, 1.807) is 60.9 Å². The molecule has 4 aromatic carbocycles. The lowest BCUT2D eigenvalue weighted by Crippen LogP contribution is -2.18. The van der Waals surface area contributed by atoms with Crippen LogP contribution in [0.15, 0.2) is 156 Å². The Morgan fingerprint density at radius 2 is 0.891 bits per heavy atom. The van der Waals surface area contributed by atoms with E-state index >= 15 is 0 Å². The molecule has 0 fully saturated rings. The van der Waals surface area contributed by atoms with E-state index in [9.17, 15) is 34.6 Å². The van der Waals surface area contributed by atoms with Crippen LogP contribution in [0.2, 0.25) is 0 Å². The largest absolute Gasteiger partial charge is 0.510 e. The van der Waals surface area contributed by atoms with E-state index in [1.807, 2.05) is 36.4 Å². The maximum atomic E-state index is 13.8. The third-order valence-corrected chi connectivity index (χ3v) is 13.0. The maximum Gasteiger partial charge on any atom is 0.510 e. The minimum absolute atomic E-state index is 0.149. The van der Waals surface area contributed by atoms with Crippen LogP contribution in [0.3, 0.4) is 0 Å². The predicted molar refractivity (Wildman–Crippen MR) is 245 cm³/mol. The summed E-state index contributed by atoms with van der Waals surface area (Å²) in [6.07, 6.45) is -1.41. The number of carbonyl (C=O) groups is 3. The molecular formula is C43H36N6O11S4. The van der Waals surface area contributed by atoms with Gasteiger partial charge in [-0.2, -0.15) is 0 Å². The van der Waals surface area contributed by atoms with Crippen LogP contribution in [0.4, 0.5) is 37.1 Å². The summed E-state index contributed by atoms with van der Waals surface area (Å²) in [4.78, 5) is 69.0. The number of nitrogens with one attached hydrogen (secondary N) is 2. The Hall–Kier alpha value is -6.81. The van der Waals surface area contributed by atoms with E-state index in [2.05, 4.69) is 20.6 Å². The fourth-order valence-electron chi connectivity index (χ4n) is 5.54. The number of carbonyl (C=O) groups excluding carboxylic acids is 3. The highest BCUT2D eigenvalue weighted by Gasteiger charge is 2.26. The first kappa shape index (κ1) is 46.7. The molecule has 17 nitrogen and oxygen atoms in total. The van der Waals surface area contributed by atoms with Crippen LogP contribution in [0.25, 0.3) is 0 Å². The van der Waals surface area contributed by atoms with Crippen molar-refractivity contribution < 1.29 is 43.2 Å². The smallest absolute Gasteiger partial charge is 0.448 e. The number of pyridine rings is 2. The number of nitro groups is 2. The van der Waals surface area contributed by atoms with Crippen LogP contribution < -0.4 is 10.6 Å². The number of rotatable bonds is 20. The second-order valence-corrected chi connectivity index (χ2v) is 17.7. The third-order valence-electron chi connectivity index (χ3n) is 8.52. The van der Waals surface area contributed by atoms with Crippen LogP contribution in [0, 0.1) is 20.2 Å². The van der Waals surface area contributed by atoms with E-state index in [4.69, 9.17) is 18.9 Å². The molecule has 2 aromatic heterocycles. The second-order valence-electron chi connectivity index (χ2n) is 12.9. The van der Waals surface area contributed by atoms with Gasteiger partial charge < -0.3 is 18.9 Å². The van der Waals surface area contributed by atoms with Crippen LogP contribution in [0.1, 0.15) is 34.5 Å². The van der Waals surface area contributed by atoms with E-state index in [-0.39, 0.29) is 24.6 Å². The van der Waals surface area contributed by atoms with Gasteiger partial charge in [-0.15, -0.1) is 0 Å². The molecule has 6 rings (SSSR count). The third kappa shape index (κ3) is 14.6. The van der Waals surface area contributed by atoms with Gasteiger partial charge in [0, 0.05) is 59.5 Å². The average Bonchev–Trinajstić information content (AvgIpc) is 3.31. The van der Waals surface area contributed by atoms with Crippen LogP contribution in [-0.4, -0.2) is 62.9 Å². The standard InChI is InChI=1S/C43H36N6O11S4/c50-41(57-25-27-61-63-37-5-1-3-23-44-37)46-33-15-7-29(8-16-33)39(31-11-19-35(20-12-31)48(53)54)59-43(52)60-40(32-13-21-36(22-14-32)49(55)56)30-9-17-34(18-10-30)47-42(51)58-26-28-62-64-38-6-2-4-24-45-38/h1-24,39-40H,25-28H2,(H,46,50)(H,47,51). The zero-order valence-corrected chi connectivity index (χ0v) is 36.5. The molecule has 328 valence electrons. The summed E-state index contributed by atoms with van der Waals surface area (Å²) in [5, 5.41) is 29.8. The van der Waals surface area contributed by atoms with Gasteiger partial charge in [0.1, 0.15) is 23.3 Å². The molecule has 0 saturated carbocycles. The van der Waals surface area contributed by atoms with Crippen LogP contribution >= 0.6 is 43.2 Å². The Morgan fingerprint density at radius 3 is 1.22 bits per heavy atom. The summed E-state index contributed by atoms with van der Waals surface area (Å²) in [5.41, 5.74) is 1.97. The number of anilines is 2. The monoisotopic (exact) mass is 940 g/mol. The number of hydrogen-bond donors (Lipinski definition) is 2. The molecule has 2 atom stereocenters. The SMILES string of the molecule is O=C(Nc1ccc(C(OC(=O)OC(c2ccc(NC(=O)OCCSSc3ccccn3)cc2)c2ccc([N+](=O)[O-])cc2)c2ccc([N+](=O)[O-])cc2)cc1)OCCSSc1ccccn1. The van der Waals surface area contributed by atoms with Crippen molar-refractivity contribution in [3.63, 3.8) is 0 Å². The van der Waals surface area contributed by atoms with Crippen molar-refractivity contribution in [2.45, 2.75) is 22.3 Å². The molecule has 21 heteroatoms. The normalized spacial score (nSPS) is 11.6. The number of amides is 2. The average molecular weight is 941 g/mol. The fourth-order valence-corrected chi connectivity index (χ4v) is 8.95.